The fraction of sp³-hybridized carbons (Fsp3) is 0.455. The van der Waals surface area contributed by atoms with Crippen LogP contribution in [0, 0.1) is 10.1 Å². The van der Waals surface area contributed by atoms with Crippen molar-refractivity contribution in [2.75, 3.05) is 33.0 Å². The summed E-state index contributed by atoms with van der Waals surface area (Å²) in [7, 11) is 3.94. The van der Waals surface area contributed by atoms with Crippen LogP contribution in [-0.2, 0) is 0 Å². The Morgan fingerprint density at radius 3 is 2.72 bits per heavy atom. The number of ether oxygens (including phenoxy) is 1. The van der Waals surface area contributed by atoms with Gasteiger partial charge in [-0.1, -0.05) is 11.6 Å². The normalized spacial score (nSPS) is 10.7. The molecule has 1 aromatic carbocycles. The number of benzene rings is 1. The first-order valence-corrected chi connectivity index (χ1v) is 5.80. The van der Waals surface area contributed by atoms with Crippen molar-refractivity contribution in [2.45, 2.75) is 6.42 Å². The standard InChI is InChI=1S/C11H16ClN3O3/c1-14(2)4-3-5-18-11-7-9(13)10(15(16)17)6-8(11)12/h6-7H,3-5,13H2,1-2H3. The number of nitrogens with zero attached hydrogens (tertiary/aromatic N) is 2. The molecular weight excluding hydrogens is 258 g/mol. The van der Waals surface area contributed by atoms with Crippen LogP contribution in [0.5, 0.6) is 5.75 Å². The van der Waals surface area contributed by atoms with E-state index in [-0.39, 0.29) is 16.4 Å². The molecule has 2 N–H and O–H groups in total. The van der Waals surface area contributed by atoms with Gasteiger partial charge in [0.15, 0.2) is 0 Å². The molecule has 1 aromatic rings. The molecule has 0 saturated heterocycles. The third kappa shape index (κ3) is 4.05. The van der Waals surface area contributed by atoms with Crippen LogP contribution in [0.15, 0.2) is 12.1 Å². The number of anilines is 1. The molecule has 0 saturated carbocycles. The minimum atomic E-state index is -0.572. The van der Waals surface area contributed by atoms with Gasteiger partial charge in [-0.15, -0.1) is 0 Å². The molecule has 0 fully saturated rings. The maximum atomic E-state index is 10.6. The molecule has 0 aliphatic heterocycles. The summed E-state index contributed by atoms with van der Waals surface area (Å²) in [6.07, 6.45) is 0.834. The fourth-order valence-corrected chi connectivity index (χ4v) is 1.60. The van der Waals surface area contributed by atoms with Crippen molar-refractivity contribution in [3.63, 3.8) is 0 Å². The second-order valence-corrected chi connectivity index (χ2v) is 4.51. The van der Waals surface area contributed by atoms with Crippen molar-refractivity contribution in [3.8, 4) is 5.75 Å². The summed E-state index contributed by atoms with van der Waals surface area (Å²) >= 11 is 5.89. The van der Waals surface area contributed by atoms with Crippen molar-refractivity contribution < 1.29 is 9.66 Å². The lowest BCUT2D eigenvalue weighted by Gasteiger charge is -2.11. The molecule has 0 unspecified atom stereocenters. The number of nitrogen functional groups attached to an aromatic ring is 1. The van der Waals surface area contributed by atoms with Crippen molar-refractivity contribution in [3.05, 3.63) is 27.3 Å². The van der Waals surface area contributed by atoms with E-state index in [2.05, 4.69) is 0 Å². The molecule has 7 heteroatoms. The van der Waals surface area contributed by atoms with Gasteiger partial charge in [-0.3, -0.25) is 10.1 Å². The van der Waals surface area contributed by atoms with Crippen LogP contribution in [0.4, 0.5) is 11.4 Å². The molecule has 0 atom stereocenters. The van der Waals surface area contributed by atoms with E-state index in [9.17, 15) is 10.1 Å². The zero-order valence-electron chi connectivity index (χ0n) is 10.4. The Kier molecular flexibility index (Phi) is 5.18. The predicted molar refractivity (Wildman–Crippen MR) is 71.2 cm³/mol. The Balaban J connectivity index is 2.67. The summed E-state index contributed by atoms with van der Waals surface area (Å²) in [6, 6.07) is 2.59. The highest BCUT2D eigenvalue weighted by Crippen LogP contribution is 2.34. The second kappa shape index (κ2) is 6.42. The molecule has 0 amide bonds. The number of hydrogen-bond donors (Lipinski definition) is 1. The average Bonchev–Trinajstić information content (AvgIpc) is 2.27. The van der Waals surface area contributed by atoms with Crippen LogP contribution in [0.1, 0.15) is 6.42 Å². The van der Waals surface area contributed by atoms with Gasteiger partial charge in [0.05, 0.1) is 16.6 Å². The van der Waals surface area contributed by atoms with E-state index in [0.717, 1.165) is 13.0 Å². The Morgan fingerprint density at radius 2 is 2.17 bits per heavy atom. The molecule has 0 aromatic heterocycles. The summed E-state index contributed by atoms with van der Waals surface area (Å²) < 4.78 is 5.44. The molecule has 6 nitrogen and oxygen atoms in total. The van der Waals surface area contributed by atoms with Gasteiger partial charge in [-0.25, -0.2) is 0 Å². The summed E-state index contributed by atoms with van der Waals surface area (Å²) in [5.74, 6) is 0.374. The van der Waals surface area contributed by atoms with Gasteiger partial charge in [-0.2, -0.15) is 0 Å². The van der Waals surface area contributed by atoms with E-state index >= 15 is 0 Å². The van der Waals surface area contributed by atoms with Crippen LogP contribution in [0.25, 0.3) is 0 Å². The van der Waals surface area contributed by atoms with Crippen molar-refractivity contribution >= 4 is 23.0 Å². The second-order valence-electron chi connectivity index (χ2n) is 4.10. The molecular formula is C11H16ClN3O3. The van der Waals surface area contributed by atoms with E-state index in [0.29, 0.717) is 12.4 Å². The van der Waals surface area contributed by atoms with E-state index in [1.165, 1.54) is 12.1 Å². The molecule has 0 aliphatic carbocycles. The van der Waals surface area contributed by atoms with E-state index in [1.807, 2.05) is 19.0 Å². The molecule has 1 rings (SSSR count). The average molecular weight is 274 g/mol. The molecule has 0 heterocycles. The Morgan fingerprint density at radius 1 is 1.50 bits per heavy atom. The topological polar surface area (TPSA) is 81.6 Å². The van der Waals surface area contributed by atoms with Crippen LogP contribution in [0.3, 0.4) is 0 Å². The first kappa shape index (κ1) is 14.5. The first-order valence-electron chi connectivity index (χ1n) is 5.42. The van der Waals surface area contributed by atoms with Gasteiger partial charge in [0.2, 0.25) is 0 Å². The molecule has 0 bridgehead atoms. The van der Waals surface area contributed by atoms with Crippen LogP contribution >= 0.6 is 11.6 Å². The fourth-order valence-electron chi connectivity index (χ4n) is 1.39. The largest absolute Gasteiger partial charge is 0.492 e. The van der Waals surface area contributed by atoms with Crippen molar-refractivity contribution in [1.29, 1.82) is 0 Å². The van der Waals surface area contributed by atoms with Crippen LogP contribution < -0.4 is 10.5 Å². The SMILES string of the molecule is CN(C)CCCOc1cc(N)c([N+](=O)[O-])cc1Cl. The van der Waals surface area contributed by atoms with Crippen molar-refractivity contribution in [2.24, 2.45) is 0 Å². The van der Waals surface area contributed by atoms with Gasteiger partial charge in [0.1, 0.15) is 11.4 Å². The maximum absolute atomic E-state index is 10.6. The van der Waals surface area contributed by atoms with Gasteiger partial charge in [0, 0.05) is 18.7 Å². The third-order valence-electron chi connectivity index (χ3n) is 2.29. The van der Waals surface area contributed by atoms with E-state index in [4.69, 9.17) is 22.1 Å². The number of rotatable bonds is 6. The quantitative estimate of drug-likeness (QED) is 0.372. The number of hydrogen-bond acceptors (Lipinski definition) is 5. The van der Waals surface area contributed by atoms with Crippen LogP contribution in [-0.4, -0.2) is 37.1 Å². The Labute approximate surface area is 110 Å². The van der Waals surface area contributed by atoms with Crippen molar-refractivity contribution in [1.82, 2.24) is 4.90 Å². The lowest BCUT2D eigenvalue weighted by Crippen LogP contribution is -2.15. The Hall–Kier alpha value is -1.53. The van der Waals surface area contributed by atoms with Gasteiger partial charge < -0.3 is 15.4 Å². The lowest BCUT2D eigenvalue weighted by molar-refractivity contribution is -0.383. The molecule has 18 heavy (non-hydrogen) atoms. The van der Waals surface area contributed by atoms with Gasteiger partial charge >= 0.3 is 0 Å². The zero-order valence-corrected chi connectivity index (χ0v) is 11.1. The molecule has 0 aliphatic rings. The highest BCUT2D eigenvalue weighted by Gasteiger charge is 2.15. The number of nitro groups is 1. The highest BCUT2D eigenvalue weighted by molar-refractivity contribution is 6.32. The lowest BCUT2D eigenvalue weighted by atomic mass is 10.2. The first-order chi connectivity index (χ1) is 8.41. The minimum Gasteiger partial charge on any atom is -0.492 e. The molecule has 100 valence electrons. The predicted octanol–water partition coefficient (Wildman–Crippen LogP) is 2.16. The number of nitrogens with two attached hydrogens (primary N) is 1. The monoisotopic (exact) mass is 273 g/mol. The summed E-state index contributed by atoms with van der Waals surface area (Å²) in [5, 5.41) is 10.8. The molecule has 0 radical (unpaired) electrons. The van der Waals surface area contributed by atoms with Crippen LogP contribution in [0.2, 0.25) is 5.02 Å². The van der Waals surface area contributed by atoms with Gasteiger partial charge in [-0.05, 0) is 20.5 Å². The minimum absolute atomic E-state index is 0.0482. The number of nitro benzene ring substituents is 1. The smallest absolute Gasteiger partial charge is 0.293 e. The third-order valence-corrected chi connectivity index (χ3v) is 2.58. The van der Waals surface area contributed by atoms with E-state index in [1.54, 1.807) is 0 Å². The summed E-state index contributed by atoms with van der Waals surface area (Å²) in [4.78, 5) is 12.1. The highest BCUT2D eigenvalue weighted by atomic mass is 35.5. The summed E-state index contributed by atoms with van der Waals surface area (Å²) in [5.41, 5.74) is 5.40. The molecule has 0 spiro atoms. The Bertz CT molecular complexity index is 438. The summed E-state index contributed by atoms with van der Waals surface area (Å²) in [6.45, 7) is 1.37. The van der Waals surface area contributed by atoms with Gasteiger partial charge in [0.25, 0.3) is 5.69 Å². The maximum Gasteiger partial charge on any atom is 0.293 e. The zero-order chi connectivity index (χ0) is 13.7. The number of halogens is 1. The van der Waals surface area contributed by atoms with E-state index < -0.39 is 4.92 Å².